The SMILES string of the molecule is COc1c(C)cc(S(=O)(=O)Nc2ccc(N3CCCCC3=O)cc2)cc1C. The van der Waals surface area contributed by atoms with Crippen molar-refractivity contribution in [1.29, 1.82) is 0 Å². The molecule has 1 N–H and O–H groups in total. The van der Waals surface area contributed by atoms with Gasteiger partial charge in [-0.05, 0) is 74.2 Å². The predicted octanol–water partition coefficient (Wildman–Crippen LogP) is 3.63. The summed E-state index contributed by atoms with van der Waals surface area (Å²) in [5, 5.41) is 0. The van der Waals surface area contributed by atoms with Crippen molar-refractivity contribution in [1.82, 2.24) is 0 Å². The molecule has 1 heterocycles. The lowest BCUT2D eigenvalue weighted by Gasteiger charge is -2.26. The second-order valence-electron chi connectivity index (χ2n) is 6.75. The Morgan fingerprint density at radius 2 is 1.67 bits per heavy atom. The van der Waals surface area contributed by atoms with Crippen LogP contribution in [0.25, 0.3) is 0 Å². The molecule has 1 amide bonds. The smallest absolute Gasteiger partial charge is 0.261 e. The number of nitrogens with zero attached hydrogens (tertiary/aromatic N) is 1. The Hall–Kier alpha value is -2.54. The summed E-state index contributed by atoms with van der Waals surface area (Å²) in [6, 6.07) is 10.1. The first-order chi connectivity index (χ1) is 12.8. The summed E-state index contributed by atoms with van der Waals surface area (Å²) in [5.41, 5.74) is 2.77. The van der Waals surface area contributed by atoms with E-state index in [1.807, 2.05) is 13.8 Å². The third kappa shape index (κ3) is 4.08. The first-order valence-corrected chi connectivity index (χ1v) is 10.4. The van der Waals surface area contributed by atoms with Crippen LogP contribution in [-0.2, 0) is 14.8 Å². The Labute approximate surface area is 160 Å². The van der Waals surface area contributed by atoms with Gasteiger partial charge in [0.2, 0.25) is 5.91 Å². The number of benzene rings is 2. The zero-order valence-electron chi connectivity index (χ0n) is 15.8. The van der Waals surface area contributed by atoms with E-state index < -0.39 is 10.0 Å². The number of anilines is 2. The molecule has 144 valence electrons. The Kier molecular flexibility index (Phi) is 5.41. The van der Waals surface area contributed by atoms with E-state index >= 15 is 0 Å². The molecule has 6 nitrogen and oxygen atoms in total. The van der Waals surface area contributed by atoms with Gasteiger partial charge in [0.1, 0.15) is 5.75 Å². The minimum Gasteiger partial charge on any atom is -0.496 e. The van der Waals surface area contributed by atoms with Crippen molar-refractivity contribution in [3.63, 3.8) is 0 Å². The van der Waals surface area contributed by atoms with Crippen molar-refractivity contribution >= 4 is 27.3 Å². The summed E-state index contributed by atoms with van der Waals surface area (Å²) in [6.45, 7) is 4.33. The zero-order valence-corrected chi connectivity index (χ0v) is 16.6. The van der Waals surface area contributed by atoms with Gasteiger partial charge >= 0.3 is 0 Å². The highest BCUT2D eigenvalue weighted by atomic mass is 32.2. The highest BCUT2D eigenvalue weighted by Gasteiger charge is 2.20. The molecule has 0 bridgehead atoms. The maximum atomic E-state index is 12.7. The standard InChI is InChI=1S/C20H24N2O4S/c1-14-12-18(13-15(2)20(14)26-3)27(24,25)21-16-7-9-17(10-8-16)22-11-5-4-6-19(22)23/h7-10,12-13,21H,4-6,11H2,1-3H3. The average Bonchev–Trinajstić information content (AvgIpc) is 2.62. The molecule has 0 saturated carbocycles. The molecule has 0 aromatic heterocycles. The molecule has 0 aliphatic carbocycles. The lowest BCUT2D eigenvalue weighted by Crippen LogP contribution is -2.35. The van der Waals surface area contributed by atoms with Gasteiger partial charge in [-0.15, -0.1) is 0 Å². The topological polar surface area (TPSA) is 75.7 Å². The van der Waals surface area contributed by atoms with E-state index in [9.17, 15) is 13.2 Å². The van der Waals surface area contributed by atoms with Gasteiger partial charge in [-0.2, -0.15) is 0 Å². The van der Waals surface area contributed by atoms with Crippen molar-refractivity contribution in [2.75, 3.05) is 23.3 Å². The lowest BCUT2D eigenvalue weighted by atomic mass is 10.1. The van der Waals surface area contributed by atoms with Crippen molar-refractivity contribution in [3.05, 3.63) is 47.5 Å². The summed E-state index contributed by atoms with van der Waals surface area (Å²) in [5.74, 6) is 0.795. The van der Waals surface area contributed by atoms with Crippen LogP contribution in [0.4, 0.5) is 11.4 Å². The van der Waals surface area contributed by atoms with E-state index in [4.69, 9.17) is 4.74 Å². The van der Waals surface area contributed by atoms with E-state index in [1.54, 1.807) is 48.4 Å². The molecule has 1 aliphatic rings. The summed E-state index contributed by atoms with van der Waals surface area (Å²) in [4.78, 5) is 14.0. The van der Waals surface area contributed by atoms with E-state index in [1.165, 1.54) is 0 Å². The van der Waals surface area contributed by atoms with E-state index in [0.717, 1.165) is 29.7 Å². The molecular weight excluding hydrogens is 364 g/mol. The van der Waals surface area contributed by atoms with Gasteiger partial charge in [0.15, 0.2) is 0 Å². The fourth-order valence-electron chi connectivity index (χ4n) is 3.39. The fraction of sp³-hybridized carbons (Fsp3) is 0.350. The van der Waals surface area contributed by atoms with E-state index in [0.29, 0.717) is 24.4 Å². The monoisotopic (exact) mass is 388 g/mol. The molecule has 2 aromatic rings. The van der Waals surface area contributed by atoms with Crippen molar-refractivity contribution < 1.29 is 17.9 Å². The third-order valence-corrected chi connectivity index (χ3v) is 6.06. The number of hydrogen-bond donors (Lipinski definition) is 1. The summed E-state index contributed by atoms with van der Waals surface area (Å²) >= 11 is 0. The highest BCUT2D eigenvalue weighted by molar-refractivity contribution is 7.92. The van der Waals surface area contributed by atoms with Gasteiger partial charge in [-0.3, -0.25) is 9.52 Å². The lowest BCUT2D eigenvalue weighted by molar-refractivity contribution is -0.119. The molecule has 3 rings (SSSR count). The van der Waals surface area contributed by atoms with Crippen LogP contribution in [-0.4, -0.2) is 28.0 Å². The molecule has 0 radical (unpaired) electrons. The number of hydrogen-bond acceptors (Lipinski definition) is 4. The maximum Gasteiger partial charge on any atom is 0.261 e. The third-order valence-electron chi connectivity index (χ3n) is 4.70. The average molecular weight is 388 g/mol. The number of piperidine rings is 1. The minimum absolute atomic E-state index is 0.110. The number of amides is 1. The molecule has 0 unspecified atom stereocenters. The van der Waals surface area contributed by atoms with Crippen LogP contribution in [0.15, 0.2) is 41.3 Å². The Morgan fingerprint density at radius 3 is 2.22 bits per heavy atom. The molecule has 1 aliphatic heterocycles. The quantitative estimate of drug-likeness (QED) is 0.849. The van der Waals surface area contributed by atoms with Crippen molar-refractivity contribution in [2.24, 2.45) is 0 Å². The normalized spacial score (nSPS) is 14.9. The number of nitrogens with one attached hydrogen (secondary N) is 1. The molecule has 0 atom stereocenters. The molecular formula is C20H24N2O4S. The van der Waals surface area contributed by atoms with Crippen LogP contribution in [0.5, 0.6) is 5.75 Å². The van der Waals surface area contributed by atoms with Crippen LogP contribution in [0, 0.1) is 13.8 Å². The van der Waals surface area contributed by atoms with E-state index in [-0.39, 0.29) is 10.8 Å². The minimum atomic E-state index is -3.72. The van der Waals surface area contributed by atoms with Crippen LogP contribution in [0.2, 0.25) is 0 Å². The van der Waals surface area contributed by atoms with Crippen LogP contribution < -0.4 is 14.4 Å². The number of carbonyl (C=O) groups excluding carboxylic acids is 1. The number of sulfonamides is 1. The summed E-state index contributed by atoms with van der Waals surface area (Å²) in [6.07, 6.45) is 2.47. The van der Waals surface area contributed by atoms with Gasteiger partial charge in [0, 0.05) is 24.3 Å². The highest BCUT2D eigenvalue weighted by Crippen LogP contribution is 2.28. The van der Waals surface area contributed by atoms with E-state index in [2.05, 4.69) is 4.72 Å². The molecule has 2 aromatic carbocycles. The zero-order chi connectivity index (χ0) is 19.6. The summed E-state index contributed by atoms with van der Waals surface area (Å²) in [7, 11) is -2.15. The molecule has 7 heteroatoms. The number of carbonyl (C=O) groups is 1. The maximum absolute atomic E-state index is 12.7. The number of methoxy groups -OCH3 is 1. The predicted molar refractivity (Wildman–Crippen MR) is 106 cm³/mol. The van der Waals surface area contributed by atoms with Gasteiger partial charge in [-0.25, -0.2) is 8.42 Å². The second kappa shape index (κ2) is 7.60. The first-order valence-electron chi connectivity index (χ1n) is 8.90. The Balaban J connectivity index is 1.81. The van der Waals surface area contributed by atoms with Crippen LogP contribution in [0.3, 0.4) is 0 Å². The molecule has 27 heavy (non-hydrogen) atoms. The number of rotatable bonds is 5. The second-order valence-corrected chi connectivity index (χ2v) is 8.43. The number of aryl methyl sites for hydroxylation is 2. The molecule has 0 spiro atoms. The largest absolute Gasteiger partial charge is 0.496 e. The number of ether oxygens (including phenoxy) is 1. The fourth-order valence-corrected chi connectivity index (χ4v) is 4.62. The van der Waals surface area contributed by atoms with Crippen LogP contribution in [0.1, 0.15) is 30.4 Å². The van der Waals surface area contributed by atoms with Gasteiger partial charge in [0.05, 0.1) is 12.0 Å². The van der Waals surface area contributed by atoms with Gasteiger partial charge < -0.3 is 9.64 Å². The van der Waals surface area contributed by atoms with Gasteiger partial charge in [0.25, 0.3) is 10.0 Å². The molecule has 1 saturated heterocycles. The summed E-state index contributed by atoms with van der Waals surface area (Å²) < 4.78 is 33.3. The van der Waals surface area contributed by atoms with Gasteiger partial charge in [-0.1, -0.05) is 0 Å². The van der Waals surface area contributed by atoms with Crippen LogP contribution >= 0.6 is 0 Å². The van der Waals surface area contributed by atoms with Crippen molar-refractivity contribution in [2.45, 2.75) is 38.0 Å². The van der Waals surface area contributed by atoms with Crippen molar-refractivity contribution in [3.8, 4) is 5.75 Å². The Bertz CT molecular complexity index is 929. The first kappa shape index (κ1) is 19.2. The molecule has 1 fully saturated rings. The Morgan fingerprint density at radius 1 is 1.04 bits per heavy atom.